The zero-order valence-corrected chi connectivity index (χ0v) is 7.75. The molecule has 0 spiro atoms. The first kappa shape index (κ1) is 8.26. The second kappa shape index (κ2) is 3.18. The minimum absolute atomic E-state index is 0.451. The third-order valence-electron chi connectivity index (χ3n) is 1.63. The highest BCUT2D eigenvalue weighted by molar-refractivity contribution is 6.29. The summed E-state index contributed by atoms with van der Waals surface area (Å²) in [6.07, 6.45) is 3.30. The molecule has 0 atom stereocenters. The average molecular weight is 195 g/mol. The minimum Gasteiger partial charge on any atom is -0.441 e. The van der Waals surface area contributed by atoms with E-state index in [2.05, 4.69) is 9.97 Å². The molecule has 13 heavy (non-hydrogen) atoms. The van der Waals surface area contributed by atoms with E-state index in [0.717, 1.165) is 5.56 Å². The number of hydrogen-bond acceptors (Lipinski definition) is 3. The lowest BCUT2D eigenvalue weighted by Gasteiger charge is -1.94. The molecule has 0 saturated carbocycles. The minimum atomic E-state index is 0.451. The van der Waals surface area contributed by atoms with E-state index in [-0.39, 0.29) is 0 Å². The number of nitrogens with zero attached hydrogens (tertiary/aromatic N) is 2. The van der Waals surface area contributed by atoms with Gasteiger partial charge in [0.1, 0.15) is 5.15 Å². The summed E-state index contributed by atoms with van der Waals surface area (Å²) in [5.74, 6) is 1.35. The fourth-order valence-electron chi connectivity index (χ4n) is 1.05. The van der Waals surface area contributed by atoms with Crippen LogP contribution in [0.5, 0.6) is 0 Å². The first-order valence-corrected chi connectivity index (χ1v) is 4.18. The van der Waals surface area contributed by atoms with E-state index in [9.17, 15) is 0 Å². The standard InChI is InChI=1S/C9H7ClN2O/c1-6-12-5-8(13-6)7-2-3-11-9(10)4-7/h2-5H,1H3. The zero-order chi connectivity index (χ0) is 9.26. The molecule has 0 N–H and O–H groups in total. The quantitative estimate of drug-likeness (QED) is 0.656. The Labute approximate surface area is 80.4 Å². The lowest BCUT2D eigenvalue weighted by molar-refractivity contribution is 0.534. The van der Waals surface area contributed by atoms with Crippen LogP contribution in [0, 0.1) is 6.92 Å². The van der Waals surface area contributed by atoms with Gasteiger partial charge in [0.05, 0.1) is 6.20 Å². The maximum absolute atomic E-state index is 5.73. The molecule has 4 heteroatoms. The number of halogens is 1. The van der Waals surface area contributed by atoms with Gasteiger partial charge < -0.3 is 4.42 Å². The zero-order valence-electron chi connectivity index (χ0n) is 6.99. The van der Waals surface area contributed by atoms with Gasteiger partial charge in [-0.15, -0.1) is 0 Å². The topological polar surface area (TPSA) is 38.9 Å². The van der Waals surface area contributed by atoms with Gasteiger partial charge in [-0.1, -0.05) is 11.6 Å². The Kier molecular flexibility index (Phi) is 2.02. The van der Waals surface area contributed by atoms with E-state index in [0.29, 0.717) is 16.8 Å². The third-order valence-corrected chi connectivity index (χ3v) is 1.84. The highest BCUT2D eigenvalue weighted by Crippen LogP contribution is 2.21. The van der Waals surface area contributed by atoms with Crippen LogP contribution >= 0.6 is 11.6 Å². The molecule has 2 aromatic heterocycles. The van der Waals surface area contributed by atoms with Crippen molar-refractivity contribution in [3.8, 4) is 11.3 Å². The van der Waals surface area contributed by atoms with Gasteiger partial charge in [0.15, 0.2) is 11.7 Å². The van der Waals surface area contributed by atoms with Gasteiger partial charge in [0, 0.05) is 18.7 Å². The molecule has 0 amide bonds. The lowest BCUT2D eigenvalue weighted by atomic mass is 10.2. The number of oxazole rings is 1. The highest BCUT2D eigenvalue weighted by atomic mass is 35.5. The van der Waals surface area contributed by atoms with Crippen LogP contribution in [0.2, 0.25) is 5.15 Å². The van der Waals surface area contributed by atoms with E-state index in [4.69, 9.17) is 16.0 Å². The molecule has 2 aromatic rings. The van der Waals surface area contributed by atoms with Crippen molar-refractivity contribution in [2.24, 2.45) is 0 Å². The summed E-state index contributed by atoms with van der Waals surface area (Å²) >= 11 is 5.73. The largest absolute Gasteiger partial charge is 0.441 e. The fraction of sp³-hybridized carbons (Fsp3) is 0.111. The van der Waals surface area contributed by atoms with E-state index < -0.39 is 0 Å². The summed E-state index contributed by atoms with van der Waals surface area (Å²) in [7, 11) is 0. The molecule has 0 unspecified atom stereocenters. The maximum Gasteiger partial charge on any atom is 0.191 e. The fourth-order valence-corrected chi connectivity index (χ4v) is 1.22. The van der Waals surface area contributed by atoms with Gasteiger partial charge in [-0.2, -0.15) is 0 Å². The monoisotopic (exact) mass is 194 g/mol. The van der Waals surface area contributed by atoms with Crippen LogP contribution in [0.4, 0.5) is 0 Å². The second-order valence-corrected chi connectivity index (χ2v) is 3.00. The number of hydrogen-bond donors (Lipinski definition) is 0. The van der Waals surface area contributed by atoms with Crippen LogP contribution in [0.15, 0.2) is 28.9 Å². The Bertz CT molecular complexity index is 425. The summed E-state index contributed by atoms with van der Waals surface area (Å²) in [5, 5.41) is 0.451. The van der Waals surface area contributed by atoms with Crippen molar-refractivity contribution < 1.29 is 4.42 Å². The van der Waals surface area contributed by atoms with Crippen molar-refractivity contribution in [1.29, 1.82) is 0 Å². The number of pyridine rings is 1. The summed E-state index contributed by atoms with van der Waals surface area (Å²) in [6, 6.07) is 3.56. The summed E-state index contributed by atoms with van der Waals surface area (Å²) in [4.78, 5) is 7.87. The molecule has 0 radical (unpaired) electrons. The Balaban J connectivity index is 2.46. The van der Waals surface area contributed by atoms with Gasteiger partial charge in [0.25, 0.3) is 0 Å². The van der Waals surface area contributed by atoms with Gasteiger partial charge in [0.2, 0.25) is 0 Å². The predicted molar refractivity (Wildman–Crippen MR) is 49.5 cm³/mol. The molecule has 0 aliphatic carbocycles. The van der Waals surface area contributed by atoms with Crippen molar-refractivity contribution in [2.45, 2.75) is 6.92 Å². The molecule has 66 valence electrons. The van der Waals surface area contributed by atoms with Gasteiger partial charge in [-0.25, -0.2) is 9.97 Å². The molecule has 2 rings (SSSR count). The van der Waals surface area contributed by atoms with E-state index in [1.807, 2.05) is 6.07 Å². The van der Waals surface area contributed by atoms with Crippen molar-refractivity contribution in [3.63, 3.8) is 0 Å². The SMILES string of the molecule is Cc1ncc(-c2ccnc(Cl)c2)o1. The molecule has 0 bridgehead atoms. The van der Waals surface area contributed by atoms with Crippen LogP contribution in [0.25, 0.3) is 11.3 Å². The molecular formula is C9H7ClN2O. The van der Waals surface area contributed by atoms with Crippen LogP contribution in [0.3, 0.4) is 0 Å². The first-order valence-electron chi connectivity index (χ1n) is 3.80. The number of aromatic nitrogens is 2. The number of rotatable bonds is 1. The van der Waals surface area contributed by atoms with Crippen molar-refractivity contribution in [2.75, 3.05) is 0 Å². The van der Waals surface area contributed by atoms with Crippen LogP contribution < -0.4 is 0 Å². The van der Waals surface area contributed by atoms with Crippen molar-refractivity contribution in [1.82, 2.24) is 9.97 Å². The molecule has 0 aromatic carbocycles. The smallest absolute Gasteiger partial charge is 0.191 e. The molecule has 2 heterocycles. The Morgan fingerprint density at radius 3 is 2.85 bits per heavy atom. The number of aryl methyl sites for hydroxylation is 1. The lowest BCUT2D eigenvalue weighted by Crippen LogP contribution is -1.76. The summed E-state index contributed by atoms with van der Waals surface area (Å²) in [5.41, 5.74) is 0.889. The van der Waals surface area contributed by atoms with Crippen molar-refractivity contribution >= 4 is 11.6 Å². The van der Waals surface area contributed by atoms with Crippen LogP contribution in [0.1, 0.15) is 5.89 Å². The summed E-state index contributed by atoms with van der Waals surface area (Å²) in [6.45, 7) is 1.80. The maximum atomic E-state index is 5.73. The third kappa shape index (κ3) is 1.70. The van der Waals surface area contributed by atoms with Crippen molar-refractivity contribution in [3.05, 3.63) is 35.6 Å². The van der Waals surface area contributed by atoms with Gasteiger partial charge in [-0.3, -0.25) is 0 Å². The average Bonchev–Trinajstić information content (AvgIpc) is 2.52. The molecule has 0 aliphatic heterocycles. The molecular weight excluding hydrogens is 188 g/mol. The Hall–Kier alpha value is -1.35. The normalized spacial score (nSPS) is 10.3. The molecule has 0 aliphatic rings. The highest BCUT2D eigenvalue weighted by Gasteiger charge is 2.03. The Morgan fingerprint density at radius 2 is 2.23 bits per heavy atom. The molecule has 0 fully saturated rings. The van der Waals surface area contributed by atoms with Gasteiger partial charge in [-0.05, 0) is 12.1 Å². The van der Waals surface area contributed by atoms with Crippen LogP contribution in [-0.2, 0) is 0 Å². The van der Waals surface area contributed by atoms with E-state index >= 15 is 0 Å². The molecule has 3 nitrogen and oxygen atoms in total. The second-order valence-electron chi connectivity index (χ2n) is 2.61. The van der Waals surface area contributed by atoms with Gasteiger partial charge >= 0.3 is 0 Å². The van der Waals surface area contributed by atoms with E-state index in [1.165, 1.54) is 0 Å². The predicted octanol–water partition coefficient (Wildman–Crippen LogP) is 2.70. The van der Waals surface area contributed by atoms with Crippen LogP contribution in [-0.4, -0.2) is 9.97 Å². The Morgan fingerprint density at radius 1 is 1.38 bits per heavy atom. The molecule has 0 saturated heterocycles. The summed E-state index contributed by atoms with van der Waals surface area (Å²) < 4.78 is 5.33. The first-order chi connectivity index (χ1) is 6.25. The van der Waals surface area contributed by atoms with E-state index in [1.54, 1.807) is 25.4 Å².